The van der Waals surface area contributed by atoms with E-state index in [1.807, 2.05) is 18.3 Å². The largest absolute Gasteiger partial charge is 0.489 e. The van der Waals surface area contributed by atoms with Gasteiger partial charge in [-0.2, -0.15) is 0 Å². The molecule has 3 N–H and O–H groups in total. The zero-order chi connectivity index (χ0) is 17.8. The molecule has 0 spiro atoms. The van der Waals surface area contributed by atoms with Crippen LogP contribution in [0.2, 0.25) is 0 Å². The number of hydrogen-bond acceptors (Lipinski definition) is 2. The highest BCUT2D eigenvalue weighted by molar-refractivity contribution is 5.84. The number of nitrogens with one attached hydrogen (secondary N) is 1. The molecule has 4 aromatic rings. The summed E-state index contributed by atoms with van der Waals surface area (Å²) in [4.78, 5) is 3.29. The molecule has 1 aromatic heterocycles. The fraction of sp³-hybridized carbons (Fsp3) is 0.130. The minimum absolute atomic E-state index is 0.535. The third-order valence-electron chi connectivity index (χ3n) is 4.65. The van der Waals surface area contributed by atoms with Crippen LogP contribution in [0.3, 0.4) is 0 Å². The zero-order valence-corrected chi connectivity index (χ0v) is 14.6. The van der Waals surface area contributed by atoms with Gasteiger partial charge in [0.15, 0.2) is 0 Å². The van der Waals surface area contributed by atoms with Gasteiger partial charge in [-0.25, -0.2) is 0 Å². The van der Waals surface area contributed by atoms with E-state index in [1.165, 1.54) is 27.6 Å². The first kappa shape index (κ1) is 16.4. The average Bonchev–Trinajstić information content (AvgIpc) is 3.10. The minimum atomic E-state index is 0.535. The third-order valence-corrected chi connectivity index (χ3v) is 4.65. The summed E-state index contributed by atoms with van der Waals surface area (Å²) in [7, 11) is 0. The number of nitrogens with two attached hydrogens (primary N) is 1. The number of hydrogen-bond donors (Lipinski definition) is 2. The summed E-state index contributed by atoms with van der Waals surface area (Å²) < 4.78 is 6.12. The molecular weight excluding hydrogens is 320 g/mol. The van der Waals surface area contributed by atoms with Crippen molar-refractivity contribution in [1.29, 1.82) is 0 Å². The average molecular weight is 342 g/mol. The van der Waals surface area contributed by atoms with E-state index in [4.69, 9.17) is 10.5 Å². The molecule has 0 unspecified atom stereocenters. The molecule has 3 aromatic carbocycles. The Balaban J connectivity index is 1.58. The van der Waals surface area contributed by atoms with Gasteiger partial charge in [-0.1, -0.05) is 54.6 Å². The van der Waals surface area contributed by atoms with Crippen molar-refractivity contribution < 1.29 is 4.74 Å². The second-order valence-corrected chi connectivity index (χ2v) is 6.37. The molecule has 0 saturated heterocycles. The van der Waals surface area contributed by atoms with Crippen LogP contribution in [0.5, 0.6) is 5.75 Å². The fourth-order valence-corrected chi connectivity index (χ4v) is 3.32. The van der Waals surface area contributed by atoms with E-state index in [2.05, 4.69) is 65.6 Å². The summed E-state index contributed by atoms with van der Waals surface area (Å²) in [6, 6.07) is 25.0. The molecule has 0 aliphatic heterocycles. The predicted molar refractivity (Wildman–Crippen MR) is 107 cm³/mol. The van der Waals surface area contributed by atoms with E-state index in [0.29, 0.717) is 13.2 Å². The van der Waals surface area contributed by atoms with E-state index < -0.39 is 0 Å². The van der Waals surface area contributed by atoms with E-state index in [-0.39, 0.29) is 0 Å². The van der Waals surface area contributed by atoms with E-state index in [0.717, 1.165) is 17.7 Å². The van der Waals surface area contributed by atoms with Gasteiger partial charge in [0.2, 0.25) is 0 Å². The second kappa shape index (κ2) is 7.46. The molecule has 3 nitrogen and oxygen atoms in total. The Morgan fingerprint density at radius 2 is 1.65 bits per heavy atom. The summed E-state index contributed by atoms with van der Waals surface area (Å²) in [5, 5.41) is 1.18. The Morgan fingerprint density at radius 1 is 0.846 bits per heavy atom. The van der Waals surface area contributed by atoms with Crippen LogP contribution >= 0.6 is 0 Å². The second-order valence-electron chi connectivity index (χ2n) is 6.37. The molecule has 0 aliphatic rings. The molecule has 0 radical (unpaired) electrons. The summed E-state index contributed by atoms with van der Waals surface area (Å²) in [6.45, 7) is 1.18. The van der Waals surface area contributed by atoms with Gasteiger partial charge in [-0.3, -0.25) is 0 Å². The maximum absolute atomic E-state index is 6.12. The Kier molecular flexibility index (Phi) is 4.71. The number of rotatable bonds is 6. The number of benzene rings is 3. The van der Waals surface area contributed by atoms with Crippen molar-refractivity contribution >= 4 is 10.9 Å². The summed E-state index contributed by atoms with van der Waals surface area (Å²) in [6.07, 6.45) is 2.90. The SMILES string of the molecule is NCCc1c[nH]c2ccc(OCc3ccccc3-c3ccccc3)cc12. The standard InChI is InChI=1S/C23H22N2O/c24-13-12-18-15-25-23-11-10-20(14-22(18)23)26-16-19-8-4-5-9-21(19)17-6-2-1-3-7-17/h1-11,14-15,25H,12-13,16,24H2. The summed E-state index contributed by atoms with van der Waals surface area (Å²) in [5.41, 5.74) is 11.7. The molecule has 0 aliphatic carbocycles. The molecule has 0 fully saturated rings. The van der Waals surface area contributed by atoms with Crippen molar-refractivity contribution in [1.82, 2.24) is 4.98 Å². The summed E-state index contributed by atoms with van der Waals surface area (Å²) in [5.74, 6) is 0.873. The van der Waals surface area contributed by atoms with Crippen molar-refractivity contribution in [3.8, 4) is 16.9 Å². The fourth-order valence-electron chi connectivity index (χ4n) is 3.32. The van der Waals surface area contributed by atoms with Crippen molar-refractivity contribution in [2.24, 2.45) is 5.73 Å². The topological polar surface area (TPSA) is 51.0 Å². The van der Waals surface area contributed by atoms with Crippen LogP contribution in [-0.4, -0.2) is 11.5 Å². The van der Waals surface area contributed by atoms with Gasteiger partial charge < -0.3 is 15.5 Å². The number of ether oxygens (including phenoxy) is 1. The highest BCUT2D eigenvalue weighted by Gasteiger charge is 2.07. The first-order valence-electron chi connectivity index (χ1n) is 8.91. The molecule has 4 rings (SSSR count). The molecule has 3 heteroatoms. The monoisotopic (exact) mass is 342 g/mol. The Labute approximate surface area is 153 Å². The Hall–Kier alpha value is -3.04. The first-order valence-corrected chi connectivity index (χ1v) is 8.91. The lowest BCUT2D eigenvalue weighted by molar-refractivity contribution is 0.307. The van der Waals surface area contributed by atoms with Gasteiger partial charge in [0.25, 0.3) is 0 Å². The van der Waals surface area contributed by atoms with Crippen molar-refractivity contribution in [3.05, 3.63) is 90.1 Å². The molecular formula is C23H22N2O. The summed E-state index contributed by atoms with van der Waals surface area (Å²) >= 11 is 0. The lowest BCUT2D eigenvalue weighted by atomic mass is 10.0. The van der Waals surface area contributed by atoms with Crippen LogP contribution in [0.4, 0.5) is 0 Å². The number of aromatic nitrogens is 1. The Morgan fingerprint density at radius 3 is 2.50 bits per heavy atom. The van der Waals surface area contributed by atoms with E-state index in [9.17, 15) is 0 Å². The molecule has 26 heavy (non-hydrogen) atoms. The van der Waals surface area contributed by atoms with Gasteiger partial charge in [-0.15, -0.1) is 0 Å². The minimum Gasteiger partial charge on any atom is -0.489 e. The van der Waals surface area contributed by atoms with Crippen molar-refractivity contribution in [2.45, 2.75) is 13.0 Å². The third kappa shape index (κ3) is 3.35. The Bertz CT molecular complexity index is 1010. The van der Waals surface area contributed by atoms with E-state index in [1.54, 1.807) is 0 Å². The van der Waals surface area contributed by atoms with Crippen LogP contribution in [0, 0.1) is 0 Å². The highest BCUT2D eigenvalue weighted by Crippen LogP contribution is 2.27. The highest BCUT2D eigenvalue weighted by atomic mass is 16.5. The van der Waals surface area contributed by atoms with Gasteiger partial charge in [0.05, 0.1) is 0 Å². The number of aromatic amines is 1. The number of H-pyrrole nitrogens is 1. The van der Waals surface area contributed by atoms with Crippen LogP contribution in [0.1, 0.15) is 11.1 Å². The van der Waals surface area contributed by atoms with Crippen molar-refractivity contribution in [2.75, 3.05) is 6.54 Å². The molecule has 0 saturated carbocycles. The smallest absolute Gasteiger partial charge is 0.120 e. The molecule has 0 amide bonds. The maximum Gasteiger partial charge on any atom is 0.120 e. The van der Waals surface area contributed by atoms with Crippen LogP contribution in [0.25, 0.3) is 22.0 Å². The quantitative estimate of drug-likeness (QED) is 0.523. The molecule has 0 atom stereocenters. The van der Waals surface area contributed by atoms with Crippen molar-refractivity contribution in [3.63, 3.8) is 0 Å². The zero-order valence-electron chi connectivity index (χ0n) is 14.6. The van der Waals surface area contributed by atoms with E-state index >= 15 is 0 Å². The van der Waals surface area contributed by atoms with Gasteiger partial charge in [0, 0.05) is 17.1 Å². The first-order chi connectivity index (χ1) is 12.8. The van der Waals surface area contributed by atoms with Crippen LogP contribution in [-0.2, 0) is 13.0 Å². The normalized spacial score (nSPS) is 11.0. The maximum atomic E-state index is 6.12. The lowest BCUT2D eigenvalue weighted by Crippen LogP contribution is -2.02. The van der Waals surface area contributed by atoms with Gasteiger partial charge in [-0.05, 0) is 53.4 Å². The van der Waals surface area contributed by atoms with Crippen LogP contribution in [0.15, 0.2) is 79.0 Å². The molecule has 1 heterocycles. The molecule has 0 bridgehead atoms. The molecule has 130 valence electrons. The van der Waals surface area contributed by atoms with Gasteiger partial charge >= 0.3 is 0 Å². The van der Waals surface area contributed by atoms with Crippen LogP contribution < -0.4 is 10.5 Å². The van der Waals surface area contributed by atoms with Gasteiger partial charge in [0.1, 0.15) is 12.4 Å². The lowest BCUT2D eigenvalue weighted by Gasteiger charge is -2.12. The number of fused-ring (bicyclic) bond motifs is 1. The predicted octanol–water partition coefficient (Wildman–Crippen LogP) is 4.92.